The lowest BCUT2D eigenvalue weighted by Crippen LogP contribution is -2.14. The molecule has 0 aromatic carbocycles. The summed E-state index contributed by atoms with van der Waals surface area (Å²) in [5, 5.41) is 0. The Bertz CT molecular complexity index is 66.9. The predicted molar refractivity (Wildman–Crippen MR) is 32.6 cm³/mol. The van der Waals surface area contributed by atoms with Crippen LogP contribution >= 0.6 is 0 Å². The van der Waals surface area contributed by atoms with Crippen molar-refractivity contribution in [3.8, 4) is 0 Å². The summed E-state index contributed by atoms with van der Waals surface area (Å²) in [4.78, 5) is 0. The summed E-state index contributed by atoms with van der Waals surface area (Å²) in [6.45, 7) is 3.00. The largest absolute Gasteiger partial charge is 0.373 e. The van der Waals surface area contributed by atoms with Crippen molar-refractivity contribution >= 4 is 0 Å². The smallest absolute Gasteiger partial charge is 0.0810 e. The van der Waals surface area contributed by atoms with Crippen LogP contribution in [0.5, 0.6) is 0 Å². The van der Waals surface area contributed by atoms with Gasteiger partial charge in [0.15, 0.2) is 0 Å². The molecule has 2 atom stereocenters. The standard InChI is InChI=1S/C6H13NO/c1-5(7)2-3-6-4-8-6/h5-6H,2-4,7H2,1H3/t5?,6-/m1/s1. The molecular weight excluding hydrogens is 102 g/mol. The Kier molecular flexibility index (Phi) is 1.86. The lowest BCUT2D eigenvalue weighted by atomic mass is 10.2. The van der Waals surface area contributed by atoms with E-state index < -0.39 is 0 Å². The van der Waals surface area contributed by atoms with Crippen molar-refractivity contribution in [1.29, 1.82) is 0 Å². The fraction of sp³-hybridized carbons (Fsp3) is 1.00. The van der Waals surface area contributed by atoms with Gasteiger partial charge >= 0.3 is 0 Å². The van der Waals surface area contributed by atoms with Crippen molar-refractivity contribution in [3.63, 3.8) is 0 Å². The van der Waals surface area contributed by atoms with Gasteiger partial charge < -0.3 is 10.5 Å². The van der Waals surface area contributed by atoms with Crippen LogP contribution in [0.3, 0.4) is 0 Å². The molecule has 2 N–H and O–H groups in total. The van der Waals surface area contributed by atoms with Crippen LogP contribution < -0.4 is 5.73 Å². The highest BCUT2D eigenvalue weighted by Crippen LogP contribution is 2.15. The first-order valence-corrected chi connectivity index (χ1v) is 3.16. The summed E-state index contributed by atoms with van der Waals surface area (Å²) < 4.78 is 5.00. The average Bonchev–Trinajstić information content (AvgIpc) is 2.41. The van der Waals surface area contributed by atoms with E-state index in [-0.39, 0.29) is 0 Å². The van der Waals surface area contributed by atoms with Crippen LogP contribution in [0.1, 0.15) is 19.8 Å². The Morgan fingerprint density at radius 3 is 2.88 bits per heavy atom. The van der Waals surface area contributed by atoms with Crippen molar-refractivity contribution in [2.45, 2.75) is 31.9 Å². The van der Waals surface area contributed by atoms with Gasteiger partial charge in [0.25, 0.3) is 0 Å². The second-order valence-corrected chi connectivity index (χ2v) is 2.51. The highest BCUT2D eigenvalue weighted by molar-refractivity contribution is 4.70. The highest BCUT2D eigenvalue weighted by Gasteiger charge is 2.21. The normalized spacial score (nSPS) is 30.0. The van der Waals surface area contributed by atoms with Crippen LogP contribution in [0.2, 0.25) is 0 Å². The molecule has 8 heavy (non-hydrogen) atoms. The van der Waals surface area contributed by atoms with Gasteiger partial charge in [0, 0.05) is 6.04 Å². The summed E-state index contributed by atoms with van der Waals surface area (Å²) in [5.74, 6) is 0. The Morgan fingerprint density at radius 1 is 1.88 bits per heavy atom. The van der Waals surface area contributed by atoms with Gasteiger partial charge in [0.05, 0.1) is 12.7 Å². The van der Waals surface area contributed by atoms with Crippen LogP contribution in [0.25, 0.3) is 0 Å². The quantitative estimate of drug-likeness (QED) is 0.544. The molecule has 0 aliphatic carbocycles. The third kappa shape index (κ3) is 2.28. The fourth-order valence-corrected chi connectivity index (χ4v) is 0.683. The molecule has 0 saturated carbocycles. The molecule has 1 unspecified atom stereocenters. The van der Waals surface area contributed by atoms with Crippen LogP contribution in [-0.4, -0.2) is 18.8 Å². The van der Waals surface area contributed by atoms with E-state index in [9.17, 15) is 0 Å². The van der Waals surface area contributed by atoms with Crippen molar-refractivity contribution in [2.24, 2.45) is 5.73 Å². The van der Waals surface area contributed by atoms with Crippen molar-refractivity contribution in [1.82, 2.24) is 0 Å². The van der Waals surface area contributed by atoms with E-state index in [4.69, 9.17) is 10.5 Å². The van der Waals surface area contributed by atoms with Crippen LogP contribution in [0, 0.1) is 0 Å². The SMILES string of the molecule is CC(N)CC[C@@H]1CO1. The topological polar surface area (TPSA) is 38.5 Å². The summed E-state index contributed by atoms with van der Waals surface area (Å²) in [5.41, 5.74) is 5.51. The lowest BCUT2D eigenvalue weighted by Gasteiger charge is -1.99. The zero-order valence-electron chi connectivity index (χ0n) is 5.26. The van der Waals surface area contributed by atoms with E-state index in [1.165, 1.54) is 0 Å². The monoisotopic (exact) mass is 115 g/mol. The molecule has 0 spiro atoms. The molecule has 0 bridgehead atoms. The molecule has 0 radical (unpaired) electrons. The Hall–Kier alpha value is -0.0800. The van der Waals surface area contributed by atoms with Crippen molar-refractivity contribution < 1.29 is 4.74 Å². The van der Waals surface area contributed by atoms with E-state index in [2.05, 4.69) is 0 Å². The predicted octanol–water partition coefficient (Wildman–Crippen LogP) is 0.513. The van der Waals surface area contributed by atoms with E-state index >= 15 is 0 Å². The van der Waals surface area contributed by atoms with E-state index in [1.54, 1.807) is 0 Å². The molecule has 2 nitrogen and oxygen atoms in total. The Morgan fingerprint density at radius 2 is 2.50 bits per heavy atom. The molecule has 0 aromatic heterocycles. The molecule has 0 amide bonds. The van der Waals surface area contributed by atoms with Gasteiger partial charge in [-0.15, -0.1) is 0 Å². The molecular formula is C6H13NO. The lowest BCUT2D eigenvalue weighted by molar-refractivity contribution is 0.386. The van der Waals surface area contributed by atoms with Gasteiger partial charge in [-0.05, 0) is 19.8 Å². The summed E-state index contributed by atoms with van der Waals surface area (Å²) in [7, 11) is 0. The first-order valence-electron chi connectivity index (χ1n) is 3.16. The minimum Gasteiger partial charge on any atom is -0.373 e. The maximum Gasteiger partial charge on any atom is 0.0810 e. The van der Waals surface area contributed by atoms with Gasteiger partial charge in [-0.3, -0.25) is 0 Å². The van der Waals surface area contributed by atoms with Gasteiger partial charge in [-0.25, -0.2) is 0 Å². The number of hydrogen-bond acceptors (Lipinski definition) is 2. The molecule has 2 heteroatoms. The number of rotatable bonds is 3. The maximum atomic E-state index is 5.51. The Balaban J connectivity index is 1.87. The second-order valence-electron chi connectivity index (χ2n) is 2.51. The molecule has 1 aliphatic rings. The summed E-state index contributed by atoms with van der Waals surface area (Å²) >= 11 is 0. The van der Waals surface area contributed by atoms with Crippen LogP contribution in [-0.2, 0) is 4.74 Å². The zero-order valence-corrected chi connectivity index (χ0v) is 5.26. The van der Waals surface area contributed by atoms with E-state index in [0.717, 1.165) is 19.4 Å². The molecule has 0 aromatic rings. The number of nitrogens with two attached hydrogens (primary N) is 1. The third-order valence-electron chi connectivity index (χ3n) is 1.35. The van der Waals surface area contributed by atoms with E-state index in [0.29, 0.717) is 12.1 Å². The minimum absolute atomic E-state index is 0.346. The van der Waals surface area contributed by atoms with Crippen LogP contribution in [0.4, 0.5) is 0 Å². The fourth-order valence-electron chi connectivity index (χ4n) is 0.683. The van der Waals surface area contributed by atoms with Gasteiger partial charge in [0.2, 0.25) is 0 Å². The number of ether oxygens (including phenoxy) is 1. The average molecular weight is 115 g/mol. The minimum atomic E-state index is 0.346. The van der Waals surface area contributed by atoms with Gasteiger partial charge in [-0.2, -0.15) is 0 Å². The highest BCUT2D eigenvalue weighted by atomic mass is 16.6. The molecule has 1 rings (SSSR count). The maximum absolute atomic E-state index is 5.51. The van der Waals surface area contributed by atoms with Crippen molar-refractivity contribution in [2.75, 3.05) is 6.61 Å². The molecule has 48 valence electrons. The summed E-state index contributed by atoms with van der Waals surface area (Å²) in [6, 6.07) is 0.346. The van der Waals surface area contributed by atoms with Gasteiger partial charge in [-0.1, -0.05) is 0 Å². The third-order valence-corrected chi connectivity index (χ3v) is 1.35. The molecule has 1 saturated heterocycles. The summed E-state index contributed by atoms with van der Waals surface area (Å²) in [6.07, 6.45) is 2.81. The van der Waals surface area contributed by atoms with Crippen LogP contribution in [0.15, 0.2) is 0 Å². The molecule has 1 aliphatic heterocycles. The first kappa shape index (κ1) is 6.05. The Labute approximate surface area is 50.0 Å². The van der Waals surface area contributed by atoms with E-state index in [1.807, 2.05) is 6.92 Å². The molecule has 1 fully saturated rings. The van der Waals surface area contributed by atoms with Crippen molar-refractivity contribution in [3.05, 3.63) is 0 Å². The number of epoxide rings is 1. The van der Waals surface area contributed by atoms with Gasteiger partial charge in [0.1, 0.15) is 0 Å². The number of hydrogen-bond donors (Lipinski definition) is 1. The second kappa shape index (κ2) is 2.46. The zero-order chi connectivity index (χ0) is 5.98. The molecule has 1 heterocycles. The first-order chi connectivity index (χ1) is 3.79.